The molecule has 1 fully saturated rings. The van der Waals surface area contributed by atoms with E-state index in [1.807, 2.05) is 0 Å². The zero-order valence-corrected chi connectivity index (χ0v) is 12.4. The Balaban J connectivity index is 2.12. The van der Waals surface area contributed by atoms with Crippen molar-refractivity contribution in [3.63, 3.8) is 0 Å². The monoisotopic (exact) mass is 300 g/mol. The summed E-state index contributed by atoms with van der Waals surface area (Å²) in [7, 11) is 0. The minimum atomic E-state index is 0.585. The second-order valence-corrected chi connectivity index (χ2v) is 5.55. The van der Waals surface area contributed by atoms with Crippen LogP contribution in [0, 0.1) is 6.92 Å². The highest BCUT2D eigenvalue weighted by atomic mass is 79.9. The zero-order chi connectivity index (χ0) is 12.4. The van der Waals surface area contributed by atoms with Gasteiger partial charge in [0.25, 0.3) is 0 Å². The van der Waals surface area contributed by atoms with Crippen LogP contribution < -0.4 is 5.32 Å². The average Bonchev–Trinajstić information content (AvgIpc) is 2.57. The van der Waals surface area contributed by atoms with E-state index in [0.717, 1.165) is 38.4 Å². The Kier molecular flexibility index (Phi) is 4.22. The van der Waals surface area contributed by atoms with Crippen molar-refractivity contribution < 1.29 is 0 Å². The van der Waals surface area contributed by atoms with Crippen LogP contribution in [0.4, 0.5) is 0 Å². The van der Waals surface area contributed by atoms with Crippen LogP contribution in [0.3, 0.4) is 0 Å². The Labute approximate surface area is 111 Å². The van der Waals surface area contributed by atoms with Gasteiger partial charge in [0.15, 0.2) is 0 Å². The van der Waals surface area contributed by atoms with Gasteiger partial charge in [-0.1, -0.05) is 0 Å². The lowest BCUT2D eigenvalue weighted by Crippen LogP contribution is -2.48. The fourth-order valence-electron chi connectivity index (χ4n) is 2.39. The van der Waals surface area contributed by atoms with Crippen LogP contribution in [-0.4, -0.2) is 40.4 Å². The minimum Gasteiger partial charge on any atom is -0.312 e. The first-order valence-corrected chi connectivity index (χ1v) is 7.08. The average molecular weight is 301 g/mol. The summed E-state index contributed by atoms with van der Waals surface area (Å²) < 4.78 is 3.28. The predicted octanol–water partition coefficient (Wildman–Crippen LogP) is 1.77. The lowest BCUT2D eigenvalue weighted by atomic mass is 10.2. The number of piperazine rings is 1. The fraction of sp³-hybridized carbons (Fsp3) is 0.750. The van der Waals surface area contributed by atoms with Crippen molar-refractivity contribution in [2.75, 3.05) is 19.6 Å². The first-order chi connectivity index (χ1) is 8.11. The normalized spacial score (nSPS) is 22.0. The molecule has 1 aliphatic rings. The molecular formula is C12H21BrN4. The molecule has 1 atom stereocenters. The van der Waals surface area contributed by atoms with Gasteiger partial charge in [-0.2, -0.15) is 5.10 Å². The van der Waals surface area contributed by atoms with Gasteiger partial charge < -0.3 is 5.32 Å². The molecular weight excluding hydrogens is 280 g/mol. The van der Waals surface area contributed by atoms with Crippen molar-refractivity contribution in [2.45, 2.75) is 39.9 Å². The molecule has 1 aromatic heterocycles. The minimum absolute atomic E-state index is 0.585. The van der Waals surface area contributed by atoms with Gasteiger partial charge in [-0.3, -0.25) is 9.58 Å². The number of rotatable bonds is 3. The number of aryl methyl sites for hydroxylation is 2. The van der Waals surface area contributed by atoms with Crippen LogP contribution in [0.2, 0.25) is 0 Å². The Morgan fingerprint density at radius 3 is 2.94 bits per heavy atom. The molecule has 0 aromatic carbocycles. The van der Waals surface area contributed by atoms with Crippen LogP contribution >= 0.6 is 15.9 Å². The maximum atomic E-state index is 4.54. The molecule has 0 saturated carbocycles. The van der Waals surface area contributed by atoms with E-state index in [4.69, 9.17) is 0 Å². The summed E-state index contributed by atoms with van der Waals surface area (Å²) >= 11 is 3.66. The van der Waals surface area contributed by atoms with Gasteiger partial charge in [0.1, 0.15) is 0 Å². The molecule has 1 saturated heterocycles. The Morgan fingerprint density at radius 1 is 1.53 bits per heavy atom. The summed E-state index contributed by atoms with van der Waals surface area (Å²) in [6.07, 6.45) is 0. The third kappa shape index (κ3) is 2.89. The molecule has 1 N–H and O–H groups in total. The quantitative estimate of drug-likeness (QED) is 0.923. The molecule has 2 rings (SSSR count). The van der Waals surface area contributed by atoms with E-state index >= 15 is 0 Å². The zero-order valence-electron chi connectivity index (χ0n) is 10.8. The van der Waals surface area contributed by atoms with Gasteiger partial charge in [-0.15, -0.1) is 0 Å². The Hall–Kier alpha value is -0.390. The van der Waals surface area contributed by atoms with Crippen LogP contribution in [0.5, 0.6) is 0 Å². The molecule has 0 aliphatic carbocycles. The fourth-order valence-corrected chi connectivity index (χ4v) is 2.80. The third-order valence-electron chi connectivity index (χ3n) is 3.28. The number of halogens is 1. The summed E-state index contributed by atoms with van der Waals surface area (Å²) in [5.74, 6) is 0. The van der Waals surface area contributed by atoms with E-state index in [9.17, 15) is 0 Å². The van der Waals surface area contributed by atoms with Crippen LogP contribution in [0.15, 0.2) is 4.47 Å². The van der Waals surface area contributed by atoms with Crippen molar-refractivity contribution in [3.8, 4) is 0 Å². The van der Waals surface area contributed by atoms with Crippen LogP contribution in [-0.2, 0) is 13.1 Å². The summed E-state index contributed by atoms with van der Waals surface area (Å²) in [5.41, 5.74) is 2.39. The van der Waals surface area contributed by atoms with E-state index in [-0.39, 0.29) is 0 Å². The molecule has 0 spiro atoms. The highest BCUT2D eigenvalue weighted by Gasteiger charge is 2.19. The molecule has 0 bridgehead atoms. The van der Waals surface area contributed by atoms with Crippen LogP contribution in [0.25, 0.3) is 0 Å². The molecule has 5 heteroatoms. The highest BCUT2D eigenvalue weighted by Crippen LogP contribution is 2.22. The molecule has 96 valence electrons. The molecule has 17 heavy (non-hydrogen) atoms. The molecule has 0 amide bonds. The number of nitrogens with one attached hydrogen (secondary N) is 1. The lowest BCUT2D eigenvalue weighted by molar-refractivity contribution is 0.194. The van der Waals surface area contributed by atoms with Gasteiger partial charge >= 0.3 is 0 Å². The van der Waals surface area contributed by atoms with E-state index in [0.29, 0.717) is 6.04 Å². The maximum absolute atomic E-state index is 4.54. The first-order valence-electron chi connectivity index (χ1n) is 6.29. The molecule has 1 aromatic rings. The topological polar surface area (TPSA) is 33.1 Å². The Morgan fingerprint density at radius 2 is 2.29 bits per heavy atom. The summed E-state index contributed by atoms with van der Waals surface area (Å²) in [6, 6.07) is 0.585. The van der Waals surface area contributed by atoms with Crippen LogP contribution in [0.1, 0.15) is 25.2 Å². The smallest absolute Gasteiger partial charge is 0.0739 e. The number of hydrogen-bond acceptors (Lipinski definition) is 3. The largest absolute Gasteiger partial charge is 0.312 e. The maximum Gasteiger partial charge on any atom is 0.0739 e. The lowest BCUT2D eigenvalue weighted by Gasteiger charge is -2.31. The highest BCUT2D eigenvalue weighted by molar-refractivity contribution is 9.10. The molecule has 4 nitrogen and oxygen atoms in total. The standard InChI is InChI=1S/C12H21BrN4/c1-4-17-11(12(13)10(3)15-17)8-16-6-5-14-9(2)7-16/h9,14H,4-8H2,1-3H3. The number of nitrogens with zero attached hydrogens (tertiary/aromatic N) is 3. The van der Waals surface area contributed by atoms with Gasteiger partial charge in [0.2, 0.25) is 0 Å². The number of aromatic nitrogens is 2. The predicted molar refractivity (Wildman–Crippen MR) is 73.1 cm³/mol. The number of hydrogen-bond donors (Lipinski definition) is 1. The summed E-state index contributed by atoms with van der Waals surface area (Å²) in [6.45, 7) is 11.7. The first kappa shape index (κ1) is 13.1. The summed E-state index contributed by atoms with van der Waals surface area (Å²) in [5, 5.41) is 8.01. The molecule has 1 unspecified atom stereocenters. The van der Waals surface area contributed by atoms with Gasteiger partial charge in [0, 0.05) is 38.8 Å². The van der Waals surface area contributed by atoms with Crippen molar-refractivity contribution in [3.05, 3.63) is 15.9 Å². The van der Waals surface area contributed by atoms with Gasteiger partial charge in [0.05, 0.1) is 15.9 Å². The van der Waals surface area contributed by atoms with Gasteiger partial charge in [-0.05, 0) is 36.7 Å². The molecule has 1 aliphatic heterocycles. The van der Waals surface area contributed by atoms with Gasteiger partial charge in [-0.25, -0.2) is 0 Å². The van der Waals surface area contributed by atoms with E-state index in [1.54, 1.807) is 0 Å². The molecule has 2 heterocycles. The molecule has 0 radical (unpaired) electrons. The van der Waals surface area contributed by atoms with Crippen molar-refractivity contribution in [1.29, 1.82) is 0 Å². The van der Waals surface area contributed by atoms with E-state index in [1.165, 1.54) is 10.2 Å². The second kappa shape index (κ2) is 5.50. The Bertz CT molecular complexity index is 388. The van der Waals surface area contributed by atoms with E-state index < -0.39 is 0 Å². The van der Waals surface area contributed by atoms with Crippen molar-refractivity contribution >= 4 is 15.9 Å². The third-order valence-corrected chi connectivity index (χ3v) is 4.31. The summed E-state index contributed by atoms with van der Waals surface area (Å²) in [4.78, 5) is 2.49. The second-order valence-electron chi connectivity index (χ2n) is 4.75. The van der Waals surface area contributed by atoms with E-state index in [2.05, 4.69) is 56.7 Å². The van der Waals surface area contributed by atoms with Crippen molar-refractivity contribution in [2.24, 2.45) is 0 Å². The van der Waals surface area contributed by atoms with Crippen molar-refractivity contribution in [1.82, 2.24) is 20.0 Å². The SMILES string of the molecule is CCn1nc(C)c(Br)c1CN1CCNC(C)C1.